The van der Waals surface area contributed by atoms with Crippen LogP contribution < -0.4 is 5.32 Å². The Bertz CT molecular complexity index is 575. The zero-order valence-electron chi connectivity index (χ0n) is 12.6. The first-order chi connectivity index (χ1) is 9.11. The summed E-state index contributed by atoms with van der Waals surface area (Å²) < 4.78 is 25.0. The fourth-order valence-corrected chi connectivity index (χ4v) is 2.28. The van der Waals surface area contributed by atoms with Crippen molar-refractivity contribution < 1.29 is 13.2 Å². The highest BCUT2D eigenvalue weighted by molar-refractivity contribution is 7.89. The molecule has 0 heterocycles. The van der Waals surface area contributed by atoms with E-state index in [9.17, 15) is 13.2 Å². The topological polar surface area (TPSA) is 66.5 Å². The molecule has 0 saturated carbocycles. The van der Waals surface area contributed by atoms with Gasteiger partial charge in [-0.05, 0) is 30.7 Å². The third-order valence-corrected chi connectivity index (χ3v) is 5.22. The number of carbonyl (C=O) groups excluding carboxylic acids is 1. The van der Waals surface area contributed by atoms with E-state index < -0.39 is 15.4 Å². The predicted molar refractivity (Wildman–Crippen MR) is 80.0 cm³/mol. The summed E-state index contributed by atoms with van der Waals surface area (Å²) in [7, 11) is -0.473. The third-order valence-electron chi connectivity index (χ3n) is 3.39. The van der Waals surface area contributed by atoms with E-state index >= 15 is 0 Å². The van der Waals surface area contributed by atoms with Crippen molar-refractivity contribution in [1.29, 1.82) is 0 Å². The molecular formula is C14H22N2O3S. The van der Waals surface area contributed by atoms with E-state index in [2.05, 4.69) is 5.32 Å². The Morgan fingerprint density at radius 1 is 1.20 bits per heavy atom. The molecule has 1 rings (SSSR count). The van der Waals surface area contributed by atoms with Crippen molar-refractivity contribution in [2.75, 3.05) is 19.4 Å². The molecule has 0 bridgehead atoms. The van der Waals surface area contributed by atoms with Crippen LogP contribution in [-0.2, 0) is 14.8 Å². The average molecular weight is 298 g/mol. The highest BCUT2D eigenvalue weighted by Gasteiger charge is 2.25. The number of carbonyl (C=O) groups is 1. The van der Waals surface area contributed by atoms with Gasteiger partial charge in [0.2, 0.25) is 15.9 Å². The van der Waals surface area contributed by atoms with E-state index in [-0.39, 0.29) is 10.8 Å². The zero-order valence-corrected chi connectivity index (χ0v) is 13.4. The molecular weight excluding hydrogens is 276 g/mol. The first kappa shape index (κ1) is 16.7. The second kappa shape index (κ2) is 5.93. The number of rotatable bonds is 5. The second-order valence-electron chi connectivity index (χ2n) is 5.50. The average Bonchev–Trinajstić information content (AvgIpc) is 2.39. The van der Waals surface area contributed by atoms with E-state index in [1.807, 2.05) is 20.8 Å². The minimum Gasteiger partial charge on any atom is -0.326 e. The molecule has 6 heteroatoms. The summed E-state index contributed by atoms with van der Waals surface area (Å²) in [5.41, 5.74) is 0.142. The van der Waals surface area contributed by atoms with E-state index in [1.54, 1.807) is 12.1 Å². The van der Waals surface area contributed by atoms with Crippen LogP contribution in [0.3, 0.4) is 0 Å². The van der Waals surface area contributed by atoms with E-state index in [4.69, 9.17) is 0 Å². The molecule has 5 nitrogen and oxygen atoms in total. The molecule has 0 saturated heterocycles. The molecule has 0 aliphatic carbocycles. The van der Waals surface area contributed by atoms with Gasteiger partial charge in [-0.25, -0.2) is 12.7 Å². The van der Waals surface area contributed by atoms with Gasteiger partial charge in [0.25, 0.3) is 0 Å². The number of nitrogens with zero attached hydrogens (tertiary/aromatic N) is 1. The van der Waals surface area contributed by atoms with Crippen molar-refractivity contribution >= 4 is 21.6 Å². The fourth-order valence-electron chi connectivity index (χ4n) is 1.38. The number of hydrogen-bond donors (Lipinski definition) is 1. The van der Waals surface area contributed by atoms with Crippen molar-refractivity contribution in [3.8, 4) is 0 Å². The maximum Gasteiger partial charge on any atom is 0.242 e. The fraction of sp³-hybridized carbons (Fsp3) is 0.500. The monoisotopic (exact) mass is 298 g/mol. The third kappa shape index (κ3) is 3.58. The van der Waals surface area contributed by atoms with E-state index in [0.717, 1.165) is 10.7 Å². The van der Waals surface area contributed by atoms with Gasteiger partial charge in [0.05, 0.1) is 4.90 Å². The van der Waals surface area contributed by atoms with Gasteiger partial charge in [-0.2, -0.15) is 0 Å². The van der Waals surface area contributed by atoms with Crippen molar-refractivity contribution in [3.05, 3.63) is 24.3 Å². The van der Waals surface area contributed by atoms with Crippen LogP contribution in [0.5, 0.6) is 0 Å². The molecule has 0 aliphatic rings. The summed E-state index contributed by atoms with van der Waals surface area (Å²) in [6, 6.07) is 6.17. The lowest BCUT2D eigenvalue weighted by Crippen LogP contribution is -2.30. The van der Waals surface area contributed by atoms with Crippen LogP contribution in [0.1, 0.15) is 27.2 Å². The summed E-state index contributed by atoms with van der Waals surface area (Å²) in [6.07, 6.45) is 0.728. The van der Waals surface area contributed by atoms with Crippen molar-refractivity contribution in [2.45, 2.75) is 32.1 Å². The molecule has 1 amide bonds. The Kier molecular flexibility index (Phi) is 4.94. The molecule has 0 atom stereocenters. The minimum absolute atomic E-state index is 0.0804. The molecule has 1 aromatic carbocycles. The Morgan fingerprint density at radius 2 is 1.70 bits per heavy atom. The Balaban J connectivity index is 2.91. The number of anilines is 1. The predicted octanol–water partition coefficient (Wildman–Crippen LogP) is 2.31. The second-order valence-corrected chi connectivity index (χ2v) is 7.66. The van der Waals surface area contributed by atoms with Crippen LogP contribution in [-0.4, -0.2) is 32.7 Å². The van der Waals surface area contributed by atoms with E-state index in [0.29, 0.717) is 5.69 Å². The standard InChI is InChI=1S/C14H22N2O3S/c1-6-14(2,3)13(17)15-11-7-9-12(10-8-11)20(18,19)16(4)5/h7-10H,6H2,1-5H3,(H,15,17). The van der Waals surface area contributed by atoms with Crippen LogP contribution in [0.25, 0.3) is 0 Å². The van der Waals surface area contributed by atoms with Crippen LogP contribution in [0, 0.1) is 5.41 Å². The smallest absolute Gasteiger partial charge is 0.242 e. The number of amides is 1. The molecule has 0 aromatic heterocycles. The molecule has 1 N–H and O–H groups in total. The maximum absolute atomic E-state index is 12.0. The molecule has 1 aromatic rings. The Hall–Kier alpha value is -1.40. The van der Waals surface area contributed by atoms with Gasteiger partial charge >= 0.3 is 0 Å². The van der Waals surface area contributed by atoms with Crippen LogP contribution in [0.4, 0.5) is 5.69 Å². The highest BCUT2D eigenvalue weighted by atomic mass is 32.2. The van der Waals surface area contributed by atoms with Crippen molar-refractivity contribution in [2.24, 2.45) is 5.41 Å². The van der Waals surface area contributed by atoms with Gasteiger partial charge in [0, 0.05) is 25.2 Å². The quantitative estimate of drug-likeness (QED) is 0.907. The molecule has 0 radical (unpaired) electrons. The number of sulfonamides is 1. The van der Waals surface area contributed by atoms with Gasteiger partial charge in [-0.15, -0.1) is 0 Å². The van der Waals surface area contributed by atoms with Gasteiger partial charge < -0.3 is 5.32 Å². The summed E-state index contributed by atoms with van der Waals surface area (Å²) >= 11 is 0. The number of benzene rings is 1. The summed E-state index contributed by atoms with van der Waals surface area (Å²) in [4.78, 5) is 12.2. The maximum atomic E-state index is 12.0. The van der Waals surface area contributed by atoms with Crippen molar-refractivity contribution in [3.63, 3.8) is 0 Å². The summed E-state index contributed by atoms with van der Waals surface area (Å²) in [5, 5.41) is 2.79. The van der Waals surface area contributed by atoms with E-state index in [1.165, 1.54) is 26.2 Å². The van der Waals surface area contributed by atoms with Crippen molar-refractivity contribution in [1.82, 2.24) is 4.31 Å². The molecule has 0 fully saturated rings. The van der Waals surface area contributed by atoms with Crippen LogP contribution in [0.2, 0.25) is 0 Å². The molecule has 0 spiro atoms. The van der Waals surface area contributed by atoms with Gasteiger partial charge in [0.1, 0.15) is 0 Å². The largest absolute Gasteiger partial charge is 0.326 e. The van der Waals surface area contributed by atoms with Gasteiger partial charge in [0.15, 0.2) is 0 Å². The van der Waals surface area contributed by atoms with Gasteiger partial charge in [-0.3, -0.25) is 4.79 Å². The minimum atomic E-state index is -3.43. The lowest BCUT2D eigenvalue weighted by Gasteiger charge is -2.21. The molecule has 0 aliphatic heterocycles. The number of nitrogens with one attached hydrogen (secondary N) is 1. The first-order valence-corrected chi connectivity index (χ1v) is 7.89. The zero-order chi connectivity index (χ0) is 15.6. The Morgan fingerprint density at radius 3 is 2.10 bits per heavy atom. The van der Waals surface area contributed by atoms with Gasteiger partial charge in [-0.1, -0.05) is 20.8 Å². The lowest BCUT2D eigenvalue weighted by molar-refractivity contribution is -0.124. The normalized spacial score (nSPS) is 12.5. The lowest BCUT2D eigenvalue weighted by atomic mass is 9.89. The molecule has 20 heavy (non-hydrogen) atoms. The first-order valence-electron chi connectivity index (χ1n) is 6.45. The molecule has 112 valence electrons. The SMILES string of the molecule is CCC(C)(C)C(=O)Nc1ccc(S(=O)(=O)N(C)C)cc1. The van der Waals surface area contributed by atoms with Crippen LogP contribution in [0.15, 0.2) is 29.2 Å². The number of hydrogen-bond acceptors (Lipinski definition) is 3. The summed E-state index contributed by atoms with van der Waals surface area (Å²) in [6.45, 7) is 5.69. The molecule has 0 unspecified atom stereocenters. The Labute approximate surface area is 121 Å². The summed E-state index contributed by atoms with van der Waals surface area (Å²) in [5.74, 6) is -0.0804. The van der Waals surface area contributed by atoms with Crippen LogP contribution >= 0.6 is 0 Å². The highest BCUT2D eigenvalue weighted by Crippen LogP contribution is 2.23.